The molecular formula is C51H82N3O14P. The van der Waals surface area contributed by atoms with Gasteiger partial charge in [0.25, 0.3) is 11.7 Å². The number of piperidine rings is 1. The number of amides is 1. The Morgan fingerprint density at radius 1 is 0.884 bits per heavy atom. The maximum absolute atomic E-state index is 14.5. The van der Waals surface area contributed by atoms with Crippen molar-refractivity contribution in [1.29, 1.82) is 0 Å². The SMILES string of the molecule is CO[C@H]1C[C@@H]2CC[C@@H](C)[C@@](O)(O2)C(=O)C(=O)N2CCCCC2C(=O)OC([C@H](C)CC2CC[C@@H](OP(N)(N)=O)[C@H](OC)C2)CC(=O)C(C)=CC(C)[C@@H](O)[C@@H](OC)C(=O)[C@H](C)C[C@H](C)C=CC=CC=C1C. The Balaban J connectivity index is 1.70. The number of allylic oxidation sites excluding steroid dienone is 6. The standard InChI is InChI=1S/C51H82N3O14P/c1-30-16-12-11-13-17-31(2)42(63-8)28-38-21-19-36(7)51(61,67-38)48(58)49(59)54-23-15-14-18-39(54)50(60)66-43(33(4)26-37-20-22-41(44(27-37)64-9)68-69(52,53)62)29-40(55)32(3)25-35(6)46(57)47(65-10)45(56)34(5)24-30/h11-13,16-17,25,30,33-39,41-44,46-47,57,61H,14-15,18-24,26-29H2,1-10H3,(H4,52,53,62)/t30-,33-,34-,35?,36-,37?,38+,39?,41-,42+,43?,44-,46-,47+,51-/m1/s1. The van der Waals surface area contributed by atoms with Crippen LogP contribution in [-0.2, 0) is 56.7 Å². The zero-order chi connectivity index (χ0) is 51.4. The smallest absolute Gasteiger partial charge is 0.335 e. The Morgan fingerprint density at radius 3 is 2.25 bits per heavy atom. The first-order valence-corrected chi connectivity index (χ1v) is 26.6. The molecule has 1 aliphatic carbocycles. The first kappa shape index (κ1) is 58.4. The topological polar surface area (TPSA) is 254 Å². The van der Waals surface area contributed by atoms with Gasteiger partial charge in [-0.2, -0.15) is 0 Å². The van der Waals surface area contributed by atoms with E-state index in [1.165, 1.54) is 19.1 Å². The summed E-state index contributed by atoms with van der Waals surface area (Å²) in [6, 6.07) is -1.18. The van der Waals surface area contributed by atoms with Gasteiger partial charge < -0.3 is 43.3 Å². The van der Waals surface area contributed by atoms with Gasteiger partial charge in [0.1, 0.15) is 18.2 Å². The summed E-state index contributed by atoms with van der Waals surface area (Å²) in [5.41, 5.74) is 12.2. The van der Waals surface area contributed by atoms with Gasteiger partial charge in [0, 0.05) is 58.5 Å². The number of nitrogens with zero attached hydrogens (tertiary/aromatic N) is 1. The van der Waals surface area contributed by atoms with E-state index in [9.17, 15) is 38.8 Å². The van der Waals surface area contributed by atoms with Crippen molar-refractivity contribution in [2.45, 2.75) is 180 Å². The normalized spacial score (nSPS) is 36.6. The minimum absolute atomic E-state index is 0.00300. The number of ether oxygens (including phenoxy) is 5. The number of aliphatic hydroxyl groups excluding tert-OH is 1. The molecule has 4 aliphatic rings. The monoisotopic (exact) mass is 992 g/mol. The summed E-state index contributed by atoms with van der Waals surface area (Å²) in [7, 11) is 0.664. The molecule has 6 N–H and O–H groups in total. The highest BCUT2D eigenvalue weighted by Crippen LogP contribution is 2.41. The summed E-state index contributed by atoms with van der Waals surface area (Å²) in [5, 5.41) is 23.5. The first-order valence-electron chi connectivity index (χ1n) is 24.8. The van der Waals surface area contributed by atoms with E-state index in [4.69, 9.17) is 39.2 Å². The number of esters is 1. The van der Waals surface area contributed by atoms with Gasteiger partial charge in [-0.05, 0) is 107 Å². The maximum Gasteiger partial charge on any atom is 0.335 e. The molecule has 1 amide bonds. The number of carbonyl (C=O) groups excluding carboxylic acids is 5. The minimum Gasteiger partial charge on any atom is -0.460 e. The lowest BCUT2D eigenvalue weighted by Gasteiger charge is -2.42. The molecule has 2 bridgehead atoms. The third-order valence-corrected chi connectivity index (χ3v) is 15.4. The second-order valence-electron chi connectivity index (χ2n) is 20.3. The summed E-state index contributed by atoms with van der Waals surface area (Å²) in [4.78, 5) is 72.1. The van der Waals surface area contributed by atoms with Gasteiger partial charge in [-0.3, -0.25) is 23.7 Å². The van der Waals surface area contributed by atoms with Crippen molar-refractivity contribution < 1.29 is 67.0 Å². The predicted octanol–water partition coefficient (Wildman–Crippen LogP) is 6.23. The number of hydrogen-bond acceptors (Lipinski definition) is 14. The van der Waals surface area contributed by atoms with Crippen LogP contribution in [-0.4, -0.2) is 127 Å². The van der Waals surface area contributed by atoms with E-state index in [2.05, 4.69) is 0 Å². The number of methoxy groups -OCH3 is 3. The van der Waals surface area contributed by atoms with Crippen molar-refractivity contribution in [3.05, 3.63) is 47.6 Å². The summed E-state index contributed by atoms with van der Waals surface area (Å²) in [5.74, 6) is -8.38. The van der Waals surface area contributed by atoms with E-state index in [0.29, 0.717) is 64.2 Å². The highest BCUT2D eigenvalue weighted by molar-refractivity contribution is 7.53. The number of Topliss-reactive ketones (excluding diaryl/α,β-unsaturated/α-hetero) is 3. The zero-order valence-corrected chi connectivity index (χ0v) is 43.5. The lowest BCUT2D eigenvalue weighted by molar-refractivity contribution is -0.265. The highest BCUT2D eigenvalue weighted by Gasteiger charge is 2.53. The van der Waals surface area contributed by atoms with Gasteiger partial charge in [0.15, 0.2) is 11.6 Å². The largest absolute Gasteiger partial charge is 0.460 e. The maximum atomic E-state index is 14.5. The lowest BCUT2D eigenvalue weighted by atomic mass is 9.78. The van der Waals surface area contributed by atoms with Crippen molar-refractivity contribution in [1.82, 2.24) is 4.90 Å². The van der Waals surface area contributed by atoms with Crippen LogP contribution in [0.2, 0.25) is 0 Å². The summed E-state index contributed by atoms with van der Waals surface area (Å²) in [6.07, 6.45) is 10.3. The van der Waals surface area contributed by atoms with Crippen molar-refractivity contribution in [3.8, 4) is 0 Å². The van der Waals surface area contributed by atoms with Gasteiger partial charge in [-0.15, -0.1) is 0 Å². The molecule has 0 radical (unpaired) electrons. The molecule has 4 unspecified atom stereocenters. The highest BCUT2D eigenvalue weighted by atomic mass is 31.2. The zero-order valence-electron chi connectivity index (χ0n) is 42.6. The third kappa shape index (κ3) is 16.1. The minimum atomic E-state index is -3.79. The second-order valence-corrected chi connectivity index (χ2v) is 21.8. The summed E-state index contributed by atoms with van der Waals surface area (Å²) >= 11 is 0. The molecule has 4 rings (SSSR count). The molecule has 3 heterocycles. The van der Waals surface area contributed by atoms with Crippen molar-refractivity contribution in [2.75, 3.05) is 27.9 Å². The number of rotatable bonds is 8. The van der Waals surface area contributed by atoms with Crippen LogP contribution in [0.4, 0.5) is 0 Å². The van der Waals surface area contributed by atoms with E-state index < -0.39 is 104 Å². The second kappa shape index (κ2) is 26.5. The van der Waals surface area contributed by atoms with Crippen molar-refractivity contribution in [2.24, 2.45) is 46.5 Å². The fourth-order valence-corrected chi connectivity index (χ4v) is 11.1. The van der Waals surface area contributed by atoms with Gasteiger partial charge in [-0.25, -0.2) is 15.8 Å². The van der Waals surface area contributed by atoms with Gasteiger partial charge in [0.05, 0.1) is 30.5 Å². The lowest BCUT2D eigenvalue weighted by Crippen LogP contribution is -2.61. The predicted molar refractivity (Wildman–Crippen MR) is 260 cm³/mol. The number of carbonyl (C=O) groups is 5. The third-order valence-electron chi connectivity index (χ3n) is 14.8. The Hall–Kier alpha value is -3.22. The van der Waals surface area contributed by atoms with Crippen LogP contribution in [0.25, 0.3) is 0 Å². The first-order chi connectivity index (χ1) is 32.4. The molecule has 17 nitrogen and oxygen atoms in total. The van der Waals surface area contributed by atoms with Crippen LogP contribution in [0.15, 0.2) is 47.6 Å². The van der Waals surface area contributed by atoms with E-state index in [1.807, 2.05) is 51.2 Å². The molecule has 0 aromatic carbocycles. The Bertz CT molecular complexity index is 1950. The van der Waals surface area contributed by atoms with Crippen LogP contribution >= 0.6 is 7.67 Å². The van der Waals surface area contributed by atoms with E-state index in [-0.39, 0.29) is 48.4 Å². The molecule has 0 spiro atoms. The summed E-state index contributed by atoms with van der Waals surface area (Å²) < 4.78 is 47.1. The average Bonchev–Trinajstić information content (AvgIpc) is 3.30. The molecule has 3 fully saturated rings. The van der Waals surface area contributed by atoms with Crippen LogP contribution in [0, 0.1) is 35.5 Å². The fourth-order valence-electron chi connectivity index (χ4n) is 10.5. The molecular weight excluding hydrogens is 910 g/mol. The van der Waals surface area contributed by atoms with Crippen molar-refractivity contribution in [3.63, 3.8) is 0 Å². The Kier molecular flexibility index (Phi) is 22.4. The Morgan fingerprint density at radius 2 is 1.59 bits per heavy atom. The van der Waals surface area contributed by atoms with E-state index in [0.717, 1.165) is 5.57 Å². The number of cyclic esters (lactones) is 1. The van der Waals surface area contributed by atoms with Gasteiger partial charge in [0.2, 0.25) is 5.79 Å². The van der Waals surface area contributed by atoms with Gasteiger partial charge >= 0.3 is 13.6 Å². The number of aliphatic hydroxyl groups is 2. The van der Waals surface area contributed by atoms with Crippen LogP contribution < -0.4 is 11.0 Å². The number of ketones is 3. The van der Waals surface area contributed by atoms with E-state index in [1.54, 1.807) is 40.9 Å². The molecule has 69 heavy (non-hydrogen) atoms. The van der Waals surface area contributed by atoms with Gasteiger partial charge in [-0.1, -0.05) is 71.1 Å². The van der Waals surface area contributed by atoms with Crippen LogP contribution in [0.1, 0.15) is 126 Å². The van der Waals surface area contributed by atoms with Crippen LogP contribution in [0.3, 0.4) is 0 Å². The number of fused-ring (bicyclic) bond motifs is 3. The van der Waals surface area contributed by atoms with E-state index >= 15 is 0 Å². The quantitative estimate of drug-likeness (QED) is 0.119. The Labute approximate surface area is 409 Å². The number of hydrogen-bond donors (Lipinski definition) is 4. The molecule has 18 heteroatoms. The molecule has 3 aliphatic heterocycles. The fraction of sp³-hybridized carbons (Fsp3) is 0.745. The molecule has 15 atom stereocenters. The average molecular weight is 992 g/mol. The molecule has 0 aromatic heterocycles. The number of nitrogens with two attached hydrogens (primary N) is 2. The summed E-state index contributed by atoms with van der Waals surface area (Å²) in [6.45, 7) is 12.6. The van der Waals surface area contributed by atoms with Crippen LogP contribution in [0.5, 0.6) is 0 Å². The molecule has 0 aromatic rings. The van der Waals surface area contributed by atoms with Crippen molar-refractivity contribution >= 4 is 36.9 Å². The molecule has 390 valence electrons. The molecule has 2 saturated heterocycles. The molecule has 1 saturated carbocycles.